The van der Waals surface area contributed by atoms with Crippen molar-refractivity contribution in [2.45, 2.75) is 13.3 Å². The van der Waals surface area contributed by atoms with Gasteiger partial charge >= 0.3 is 0 Å². The maximum atomic E-state index is 11.6. The number of amides is 2. The minimum atomic E-state index is -0.133. The SMILES string of the molecule is CC(=O)NCCNC(=O)Cc1ccc(C(N)=NO)cc1. The Hall–Kier alpha value is -2.57. The molecule has 20 heavy (non-hydrogen) atoms. The molecule has 0 heterocycles. The van der Waals surface area contributed by atoms with Crippen molar-refractivity contribution in [3.8, 4) is 0 Å². The Labute approximate surface area is 116 Å². The van der Waals surface area contributed by atoms with Crippen LogP contribution in [0.15, 0.2) is 29.4 Å². The molecule has 1 rings (SSSR count). The molecule has 0 aliphatic rings. The molecule has 7 heteroatoms. The quantitative estimate of drug-likeness (QED) is 0.186. The van der Waals surface area contributed by atoms with Crippen molar-refractivity contribution in [2.24, 2.45) is 10.9 Å². The monoisotopic (exact) mass is 278 g/mol. The fourth-order valence-electron chi connectivity index (χ4n) is 1.54. The summed E-state index contributed by atoms with van der Waals surface area (Å²) < 4.78 is 0. The van der Waals surface area contributed by atoms with Gasteiger partial charge in [0.05, 0.1) is 6.42 Å². The van der Waals surface area contributed by atoms with E-state index in [0.717, 1.165) is 5.56 Å². The number of nitrogens with one attached hydrogen (secondary N) is 2. The zero-order valence-corrected chi connectivity index (χ0v) is 11.2. The number of rotatable bonds is 6. The predicted molar refractivity (Wildman–Crippen MR) is 74.4 cm³/mol. The minimum absolute atomic E-state index is 0.0244. The van der Waals surface area contributed by atoms with Crippen molar-refractivity contribution in [2.75, 3.05) is 13.1 Å². The first kappa shape index (κ1) is 15.5. The number of hydrogen-bond donors (Lipinski definition) is 4. The Kier molecular flexibility index (Phi) is 6.02. The van der Waals surface area contributed by atoms with E-state index in [9.17, 15) is 9.59 Å². The fourth-order valence-corrected chi connectivity index (χ4v) is 1.54. The highest BCUT2D eigenvalue weighted by atomic mass is 16.4. The molecule has 0 saturated carbocycles. The number of nitrogens with zero attached hydrogens (tertiary/aromatic N) is 1. The first-order chi connectivity index (χ1) is 9.52. The summed E-state index contributed by atoms with van der Waals surface area (Å²) in [6, 6.07) is 6.82. The summed E-state index contributed by atoms with van der Waals surface area (Å²) in [5.74, 6) is -0.235. The summed E-state index contributed by atoms with van der Waals surface area (Å²) in [5.41, 5.74) is 6.84. The van der Waals surface area contributed by atoms with Gasteiger partial charge in [-0.15, -0.1) is 0 Å². The summed E-state index contributed by atoms with van der Waals surface area (Å²) in [7, 11) is 0. The summed E-state index contributed by atoms with van der Waals surface area (Å²) in [6.45, 7) is 2.22. The van der Waals surface area contributed by atoms with Crippen LogP contribution in [0.2, 0.25) is 0 Å². The van der Waals surface area contributed by atoms with Crippen LogP contribution < -0.4 is 16.4 Å². The highest BCUT2D eigenvalue weighted by Gasteiger charge is 2.04. The van der Waals surface area contributed by atoms with E-state index in [2.05, 4.69) is 15.8 Å². The first-order valence-corrected chi connectivity index (χ1v) is 6.11. The van der Waals surface area contributed by atoms with Crippen LogP contribution >= 0.6 is 0 Å². The molecule has 0 aliphatic carbocycles. The van der Waals surface area contributed by atoms with Gasteiger partial charge in [-0.05, 0) is 5.56 Å². The zero-order valence-electron chi connectivity index (χ0n) is 11.2. The summed E-state index contributed by atoms with van der Waals surface area (Å²) >= 11 is 0. The molecular weight excluding hydrogens is 260 g/mol. The zero-order chi connectivity index (χ0) is 15.0. The number of amidine groups is 1. The van der Waals surface area contributed by atoms with Crippen LogP contribution in [0.4, 0.5) is 0 Å². The maximum absolute atomic E-state index is 11.6. The second-order valence-corrected chi connectivity index (χ2v) is 4.19. The smallest absolute Gasteiger partial charge is 0.224 e. The van der Waals surface area contributed by atoms with Gasteiger partial charge in [-0.25, -0.2) is 0 Å². The highest BCUT2D eigenvalue weighted by molar-refractivity contribution is 5.97. The average molecular weight is 278 g/mol. The van der Waals surface area contributed by atoms with Crippen LogP contribution in [-0.2, 0) is 16.0 Å². The van der Waals surface area contributed by atoms with E-state index in [1.54, 1.807) is 24.3 Å². The Balaban J connectivity index is 2.40. The van der Waals surface area contributed by atoms with Crippen LogP contribution in [0, 0.1) is 0 Å². The molecule has 0 radical (unpaired) electrons. The molecule has 0 bridgehead atoms. The number of carbonyl (C=O) groups is 2. The third-order valence-electron chi connectivity index (χ3n) is 2.54. The third-order valence-corrected chi connectivity index (χ3v) is 2.54. The number of hydrogen-bond acceptors (Lipinski definition) is 4. The number of benzene rings is 1. The van der Waals surface area contributed by atoms with Gasteiger partial charge < -0.3 is 21.6 Å². The van der Waals surface area contributed by atoms with E-state index in [1.165, 1.54) is 6.92 Å². The molecule has 1 aromatic carbocycles. The molecule has 0 atom stereocenters. The minimum Gasteiger partial charge on any atom is -0.409 e. The van der Waals surface area contributed by atoms with Crippen LogP contribution in [0.1, 0.15) is 18.1 Å². The van der Waals surface area contributed by atoms with Gasteiger partial charge in [-0.2, -0.15) is 0 Å². The Morgan fingerprint density at radius 1 is 1.20 bits per heavy atom. The lowest BCUT2D eigenvalue weighted by Crippen LogP contribution is -2.34. The summed E-state index contributed by atoms with van der Waals surface area (Å²) in [6.07, 6.45) is 0.233. The van der Waals surface area contributed by atoms with Crippen LogP contribution in [0.5, 0.6) is 0 Å². The van der Waals surface area contributed by atoms with Crippen molar-refractivity contribution in [3.63, 3.8) is 0 Å². The Morgan fingerprint density at radius 3 is 2.35 bits per heavy atom. The molecule has 5 N–H and O–H groups in total. The third kappa shape index (κ3) is 5.38. The molecule has 0 spiro atoms. The van der Waals surface area contributed by atoms with Crippen LogP contribution in [0.3, 0.4) is 0 Å². The second kappa shape index (κ2) is 7.78. The lowest BCUT2D eigenvalue weighted by atomic mass is 10.1. The lowest BCUT2D eigenvalue weighted by molar-refractivity contribution is -0.121. The molecule has 0 fully saturated rings. The van der Waals surface area contributed by atoms with Crippen LogP contribution in [0.25, 0.3) is 0 Å². The molecule has 1 aromatic rings. The van der Waals surface area contributed by atoms with E-state index < -0.39 is 0 Å². The predicted octanol–water partition coefficient (Wildman–Crippen LogP) is -0.424. The molecule has 108 valence electrons. The number of nitrogens with two attached hydrogens (primary N) is 1. The molecule has 0 aromatic heterocycles. The van der Waals surface area contributed by atoms with Gasteiger partial charge in [0.25, 0.3) is 0 Å². The standard InChI is InChI=1S/C13H18N4O3/c1-9(18)15-6-7-16-12(19)8-10-2-4-11(5-3-10)13(14)17-20/h2-5,20H,6-8H2,1H3,(H2,14,17)(H,15,18)(H,16,19). The van der Waals surface area contributed by atoms with Gasteiger partial charge in [0.2, 0.25) is 11.8 Å². The fraction of sp³-hybridized carbons (Fsp3) is 0.308. The molecule has 0 unspecified atom stereocenters. The summed E-state index contributed by atoms with van der Waals surface area (Å²) in [5, 5.41) is 16.7. The topological polar surface area (TPSA) is 117 Å². The van der Waals surface area contributed by atoms with Crippen molar-refractivity contribution in [1.29, 1.82) is 0 Å². The second-order valence-electron chi connectivity index (χ2n) is 4.19. The molecular formula is C13H18N4O3. The van der Waals surface area contributed by atoms with Gasteiger partial charge in [0, 0.05) is 25.6 Å². The first-order valence-electron chi connectivity index (χ1n) is 6.11. The van der Waals surface area contributed by atoms with E-state index in [0.29, 0.717) is 18.7 Å². The largest absolute Gasteiger partial charge is 0.409 e. The van der Waals surface area contributed by atoms with Crippen LogP contribution in [-0.4, -0.2) is 35.9 Å². The van der Waals surface area contributed by atoms with Gasteiger partial charge in [-0.3, -0.25) is 9.59 Å². The van der Waals surface area contributed by atoms with Crippen molar-refractivity contribution < 1.29 is 14.8 Å². The van der Waals surface area contributed by atoms with Crippen molar-refractivity contribution in [1.82, 2.24) is 10.6 Å². The molecule has 2 amide bonds. The Morgan fingerprint density at radius 2 is 1.80 bits per heavy atom. The average Bonchev–Trinajstić information content (AvgIpc) is 2.43. The van der Waals surface area contributed by atoms with E-state index in [4.69, 9.17) is 10.9 Å². The normalized spacial score (nSPS) is 10.9. The molecule has 0 saturated heterocycles. The highest BCUT2D eigenvalue weighted by Crippen LogP contribution is 2.05. The van der Waals surface area contributed by atoms with Gasteiger partial charge in [0.1, 0.15) is 0 Å². The van der Waals surface area contributed by atoms with Gasteiger partial charge in [-0.1, -0.05) is 29.4 Å². The number of oxime groups is 1. The molecule has 7 nitrogen and oxygen atoms in total. The number of carbonyl (C=O) groups excluding carboxylic acids is 2. The van der Waals surface area contributed by atoms with Gasteiger partial charge in [0.15, 0.2) is 5.84 Å². The molecule has 0 aliphatic heterocycles. The van der Waals surface area contributed by atoms with E-state index in [1.807, 2.05) is 0 Å². The summed E-state index contributed by atoms with van der Waals surface area (Å²) in [4.78, 5) is 22.2. The van der Waals surface area contributed by atoms with E-state index >= 15 is 0 Å². The van der Waals surface area contributed by atoms with Crippen molar-refractivity contribution >= 4 is 17.6 Å². The maximum Gasteiger partial charge on any atom is 0.224 e. The van der Waals surface area contributed by atoms with E-state index in [-0.39, 0.29) is 24.1 Å². The Bertz CT molecular complexity index is 497. The van der Waals surface area contributed by atoms with Crippen molar-refractivity contribution in [3.05, 3.63) is 35.4 Å². The lowest BCUT2D eigenvalue weighted by Gasteiger charge is -2.06.